The Morgan fingerprint density at radius 2 is 2.17 bits per heavy atom. The summed E-state index contributed by atoms with van der Waals surface area (Å²) < 4.78 is 1.62. The van der Waals surface area contributed by atoms with Crippen LogP contribution in [0.15, 0.2) is 48.0 Å². The molecule has 0 saturated heterocycles. The maximum atomic E-state index is 12.7. The molecule has 2 aromatic heterocycles. The van der Waals surface area contributed by atoms with Gasteiger partial charge in [-0.15, -0.1) is 11.3 Å². The number of nitriles is 1. The summed E-state index contributed by atoms with van der Waals surface area (Å²) >= 11 is 7.61. The SMILES string of the molecule is N#CCCn1cc(C(=O)Nc2ccccc2Cl)c(-c2cccs2)n1. The van der Waals surface area contributed by atoms with Crippen LogP contribution in [0.5, 0.6) is 0 Å². The predicted octanol–water partition coefficient (Wildman–Crippen LogP) is 4.43. The number of aromatic nitrogens is 2. The molecule has 3 rings (SSSR count). The van der Waals surface area contributed by atoms with E-state index in [1.807, 2.05) is 17.5 Å². The van der Waals surface area contributed by atoms with E-state index in [4.69, 9.17) is 16.9 Å². The van der Waals surface area contributed by atoms with Crippen LogP contribution in [0.1, 0.15) is 16.8 Å². The van der Waals surface area contributed by atoms with Crippen molar-refractivity contribution in [1.29, 1.82) is 5.26 Å². The second kappa shape index (κ2) is 7.30. The first-order valence-corrected chi connectivity index (χ1v) is 8.49. The van der Waals surface area contributed by atoms with E-state index in [9.17, 15) is 4.79 Å². The van der Waals surface area contributed by atoms with Crippen molar-refractivity contribution in [2.45, 2.75) is 13.0 Å². The van der Waals surface area contributed by atoms with E-state index in [-0.39, 0.29) is 5.91 Å². The fourth-order valence-electron chi connectivity index (χ4n) is 2.21. The van der Waals surface area contributed by atoms with E-state index in [1.54, 1.807) is 35.1 Å². The fourth-order valence-corrected chi connectivity index (χ4v) is 3.12. The van der Waals surface area contributed by atoms with Crippen molar-refractivity contribution < 1.29 is 4.79 Å². The third-order valence-corrected chi connectivity index (χ3v) is 4.54. The Hall–Kier alpha value is -2.62. The summed E-state index contributed by atoms with van der Waals surface area (Å²) in [4.78, 5) is 13.6. The monoisotopic (exact) mass is 356 g/mol. The zero-order valence-corrected chi connectivity index (χ0v) is 14.1. The van der Waals surface area contributed by atoms with Gasteiger partial charge in [0.2, 0.25) is 0 Å². The average Bonchev–Trinajstić information content (AvgIpc) is 3.24. The Kier molecular flexibility index (Phi) is 4.94. The molecule has 0 aliphatic rings. The molecule has 0 spiro atoms. The minimum atomic E-state index is -0.283. The third kappa shape index (κ3) is 3.48. The standard InChI is InChI=1S/C17H13ClN4OS/c18-13-5-1-2-6-14(13)20-17(23)12-11-22(9-4-8-19)21-16(12)15-7-3-10-24-15/h1-3,5-7,10-11H,4,9H2,(H,20,23). The molecule has 0 atom stereocenters. The topological polar surface area (TPSA) is 70.7 Å². The predicted molar refractivity (Wildman–Crippen MR) is 95.2 cm³/mol. The summed E-state index contributed by atoms with van der Waals surface area (Å²) in [6, 6.07) is 13.0. The quantitative estimate of drug-likeness (QED) is 0.735. The van der Waals surface area contributed by atoms with Gasteiger partial charge in [-0.05, 0) is 23.6 Å². The lowest BCUT2D eigenvalue weighted by molar-refractivity contribution is 0.102. The zero-order chi connectivity index (χ0) is 16.9. The molecule has 5 nitrogen and oxygen atoms in total. The van der Waals surface area contributed by atoms with Gasteiger partial charge in [0.1, 0.15) is 5.69 Å². The largest absolute Gasteiger partial charge is 0.321 e. The van der Waals surface area contributed by atoms with Crippen molar-refractivity contribution >= 4 is 34.5 Å². The van der Waals surface area contributed by atoms with E-state index in [2.05, 4.69) is 16.5 Å². The number of benzene rings is 1. The number of para-hydroxylation sites is 1. The molecule has 0 bridgehead atoms. The molecule has 1 amide bonds. The van der Waals surface area contributed by atoms with E-state index in [1.165, 1.54) is 11.3 Å². The van der Waals surface area contributed by atoms with E-state index >= 15 is 0 Å². The Bertz CT molecular complexity index is 896. The summed E-state index contributed by atoms with van der Waals surface area (Å²) in [5, 5.41) is 18.4. The lowest BCUT2D eigenvalue weighted by Crippen LogP contribution is -2.12. The Morgan fingerprint density at radius 1 is 1.33 bits per heavy atom. The van der Waals surface area contributed by atoms with Gasteiger partial charge in [0, 0.05) is 6.20 Å². The molecule has 0 aliphatic carbocycles. The molecule has 0 saturated carbocycles. The Balaban J connectivity index is 1.93. The zero-order valence-electron chi connectivity index (χ0n) is 12.6. The second-order valence-corrected chi connectivity index (χ2v) is 6.33. The highest BCUT2D eigenvalue weighted by atomic mass is 35.5. The van der Waals surface area contributed by atoms with Crippen molar-refractivity contribution in [3.63, 3.8) is 0 Å². The van der Waals surface area contributed by atoms with Gasteiger partial charge in [0.25, 0.3) is 5.91 Å². The van der Waals surface area contributed by atoms with Crippen LogP contribution in [-0.2, 0) is 6.54 Å². The highest BCUT2D eigenvalue weighted by molar-refractivity contribution is 7.13. The number of carbonyl (C=O) groups is 1. The molecule has 3 aromatic rings. The van der Waals surface area contributed by atoms with Crippen LogP contribution in [0.2, 0.25) is 5.02 Å². The second-order valence-electron chi connectivity index (χ2n) is 4.97. The summed E-state index contributed by atoms with van der Waals surface area (Å²) in [7, 11) is 0. The Labute approximate surface area is 148 Å². The van der Waals surface area contributed by atoms with Crippen molar-refractivity contribution in [1.82, 2.24) is 9.78 Å². The van der Waals surface area contributed by atoms with Gasteiger partial charge in [-0.3, -0.25) is 9.48 Å². The maximum Gasteiger partial charge on any atom is 0.259 e. The number of anilines is 1. The number of halogens is 1. The lowest BCUT2D eigenvalue weighted by Gasteiger charge is -2.06. The molecular weight excluding hydrogens is 344 g/mol. The number of carbonyl (C=O) groups excluding carboxylic acids is 1. The number of hydrogen-bond donors (Lipinski definition) is 1. The van der Waals surface area contributed by atoms with E-state index in [0.29, 0.717) is 34.9 Å². The Morgan fingerprint density at radius 3 is 2.88 bits per heavy atom. The fraction of sp³-hybridized carbons (Fsp3) is 0.118. The molecule has 0 aliphatic heterocycles. The maximum absolute atomic E-state index is 12.7. The molecule has 120 valence electrons. The molecule has 0 fully saturated rings. The number of nitrogens with zero attached hydrogens (tertiary/aromatic N) is 3. The minimum absolute atomic E-state index is 0.283. The molecule has 0 radical (unpaired) electrons. The molecule has 0 unspecified atom stereocenters. The molecule has 24 heavy (non-hydrogen) atoms. The van der Waals surface area contributed by atoms with Crippen LogP contribution >= 0.6 is 22.9 Å². The normalized spacial score (nSPS) is 10.3. The van der Waals surface area contributed by atoms with Crippen LogP contribution in [0, 0.1) is 11.3 Å². The van der Waals surface area contributed by atoms with Gasteiger partial charge >= 0.3 is 0 Å². The number of amides is 1. The van der Waals surface area contributed by atoms with Crippen molar-refractivity contribution in [3.05, 3.63) is 58.6 Å². The van der Waals surface area contributed by atoms with Crippen LogP contribution in [0.3, 0.4) is 0 Å². The third-order valence-electron chi connectivity index (χ3n) is 3.34. The molecule has 1 aromatic carbocycles. The number of aryl methyl sites for hydroxylation is 1. The molecule has 7 heteroatoms. The highest BCUT2D eigenvalue weighted by Crippen LogP contribution is 2.28. The van der Waals surface area contributed by atoms with Crippen LogP contribution < -0.4 is 5.32 Å². The summed E-state index contributed by atoms with van der Waals surface area (Å²) in [5.74, 6) is -0.283. The first-order chi connectivity index (χ1) is 11.7. The van der Waals surface area contributed by atoms with Gasteiger partial charge in [-0.1, -0.05) is 29.8 Å². The van der Waals surface area contributed by atoms with Gasteiger partial charge in [-0.2, -0.15) is 10.4 Å². The van der Waals surface area contributed by atoms with E-state index in [0.717, 1.165) is 4.88 Å². The highest BCUT2D eigenvalue weighted by Gasteiger charge is 2.19. The van der Waals surface area contributed by atoms with Crippen LogP contribution in [0.25, 0.3) is 10.6 Å². The van der Waals surface area contributed by atoms with Crippen LogP contribution in [-0.4, -0.2) is 15.7 Å². The van der Waals surface area contributed by atoms with Gasteiger partial charge in [0.05, 0.1) is 40.2 Å². The first kappa shape index (κ1) is 16.2. The average molecular weight is 357 g/mol. The minimum Gasteiger partial charge on any atom is -0.321 e. The summed E-state index contributed by atoms with van der Waals surface area (Å²) in [5.41, 5.74) is 1.61. The van der Waals surface area contributed by atoms with Crippen molar-refractivity contribution in [2.24, 2.45) is 0 Å². The number of nitrogens with one attached hydrogen (secondary N) is 1. The molecule has 2 heterocycles. The van der Waals surface area contributed by atoms with Crippen LogP contribution in [0.4, 0.5) is 5.69 Å². The van der Waals surface area contributed by atoms with Gasteiger partial charge < -0.3 is 5.32 Å². The van der Waals surface area contributed by atoms with Crippen molar-refractivity contribution in [2.75, 3.05) is 5.32 Å². The number of rotatable bonds is 5. The van der Waals surface area contributed by atoms with Gasteiger partial charge in [-0.25, -0.2) is 0 Å². The number of hydrogen-bond acceptors (Lipinski definition) is 4. The summed E-state index contributed by atoms with van der Waals surface area (Å²) in [6.07, 6.45) is 2.00. The summed E-state index contributed by atoms with van der Waals surface area (Å²) in [6.45, 7) is 0.439. The first-order valence-electron chi connectivity index (χ1n) is 7.23. The van der Waals surface area contributed by atoms with Gasteiger partial charge in [0.15, 0.2) is 0 Å². The molecule has 1 N–H and O–H groups in total. The van der Waals surface area contributed by atoms with E-state index < -0.39 is 0 Å². The smallest absolute Gasteiger partial charge is 0.259 e. The molecular formula is C17H13ClN4OS. The lowest BCUT2D eigenvalue weighted by atomic mass is 10.2. The number of thiophene rings is 1. The van der Waals surface area contributed by atoms with Crippen molar-refractivity contribution in [3.8, 4) is 16.6 Å².